The predicted octanol–water partition coefficient (Wildman–Crippen LogP) is 4.63. The number of aryl methyl sites for hydroxylation is 1. The molecule has 0 spiro atoms. The van der Waals surface area contributed by atoms with Crippen molar-refractivity contribution in [1.82, 2.24) is 4.90 Å². The van der Waals surface area contributed by atoms with E-state index in [-0.39, 0.29) is 49.1 Å². The van der Waals surface area contributed by atoms with Gasteiger partial charge >= 0.3 is 0 Å². The molecule has 1 saturated heterocycles. The minimum atomic E-state index is -0.281. The summed E-state index contributed by atoms with van der Waals surface area (Å²) in [7, 11) is 0. The molecule has 164 valence electrons. The zero-order chi connectivity index (χ0) is 22.2. The summed E-state index contributed by atoms with van der Waals surface area (Å²) in [6, 6.07) is 10.6. The molecule has 1 aliphatic heterocycles. The second-order valence-electron chi connectivity index (χ2n) is 7.85. The highest BCUT2D eigenvalue weighted by atomic mass is 32.1. The first kappa shape index (κ1) is 22.9. The fourth-order valence-corrected chi connectivity index (χ4v) is 4.41. The molecule has 0 bridgehead atoms. The third-order valence-electron chi connectivity index (χ3n) is 5.31. The number of piperidine rings is 1. The number of likely N-dealkylation sites (tertiary alicyclic amines) is 1. The highest BCUT2D eigenvalue weighted by Crippen LogP contribution is 2.19. The molecular formula is C24H28N2O4S. The van der Waals surface area contributed by atoms with Gasteiger partial charge in [-0.2, -0.15) is 0 Å². The van der Waals surface area contributed by atoms with Gasteiger partial charge in [-0.3, -0.25) is 19.2 Å². The van der Waals surface area contributed by atoms with Crippen molar-refractivity contribution in [1.29, 1.82) is 0 Å². The first-order valence-electron chi connectivity index (χ1n) is 10.7. The van der Waals surface area contributed by atoms with Crippen molar-refractivity contribution >= 4 is 40.4 Å². The zero-order valence-corrected chi connectivity index (χ0v) is 18.6. The van der Waals surface area contributed by atoms with Crippen molar-refractivity contribution in [3.05, 3.63) is 51.7 Å². The van der Waals surface area contributed by atoms with Gasteiger partial charge in [0.1, 0.15) is 5.78 Å². The minimum Gasteiger partial charge on any atom is -0.339 e. The Kier molecular flexibility index (Phi) is 8.12. The Morgan fingerprint density at radius 1 is 0.935 bits per heavy atom. The monoisotopic (exact) mass is 440 g/mol. The van der Waals surface area contributed by atoms with E-state index >= 15 is 0 Å². The van der Waals surface area contributed by atoms with Crippen molar-refractivity contribution in [3.8, 4) is 0 Å². The van der Waals surface area contributed by atoms with Crippen LogP contribution >= 0.6 is 11.3 Å². The molecule has 6 nitrogen and oxygen atoms in total. The summed E-state index contributed by atoms with van der Waals surface area (Å²) in [6.07, 6.45) is 3.65. The molecule has 3 rings (SSSR count). The molecule has 2 amide bonds. The van der Waals surface area contributed by atoms with Crippen molar-refractivity contribution in [3.63, 3.8) is 0 Å². The summed E-state index contributed by atoms with van der Waals surface area (Å²) in [4.78, 5) is 52.6. The molecule has 31 heavy (non-hydrogen) atoms. The molecule has 1 aromatic heterocycles. The topological polar surface area (TPSA) is 83.5 Å². The number of amides is 2. The normalized spacial score (nSPS) is 13.6. The van der Waals surface area contributed by atoms with Crippen LogP contribution in [0.5, 0.6) is 0 Å². The van der Waals surface area contributed by atoms with Gasteiger partial charge in [0.15, 0.2) is 5.78 Å². The summed E-state index contributed by atoms with van der Waals surface area (Å²) in [5.74, 6) is -0.440. The Hall–Kier alpha value is -2.80. The largest absolute Gasteiger partial charge is 0.339 e. The van der Waals surface area contributed by atoms with Gasteiger partial charge in [-0.25, -0.2) is 0 Å². The molecule has 0 saturated carbocycles. The smallest absolute Gasteiger partial charge is 0.253 e. The van der Waals surface area contributed by atoms with Crippen LogP contribution in [0.25, 0.3) is 0 Å². The van der Waals surface area contributed by atoms with Gasteiger partial charge in [0.05, 0.1) is 4.88 Å². The summed E-state index contributed by atoms with van der Waals surface area (Å²) >= 11 is 1.43. The highest BCUT2D eigenvalue weighted by molar-refractivity contribution is 7.14. The average molecular weight is 441 g/mol. The molecule has 0 atom stereocenters. The third kappa shape index (κ3) is 6.85. The number of nitrogens with one attached hydrogen (secondary N) is 1. The third-order valence-corrected chi connectivity index (χ3v) is 6.36. The van der Waals surface area contributed by atoms with E-state index in [0.717, 1.165) is 37.2 Å². The minimum absolute atomic E-state index is 0.0171. The first-order valence-corrected chi connectivity index (χ1v) is 11.5. The lowest BCUT2D eigenvalue weighted by Gasteiger charge is -2.26. The Morgan fingerprint density at radius 2 is 1.68 bits per heavy atom. The van der Waals surface area contributed by atoms with E-state index in [0.29, 0.717) is 16.1 Å². The lowest BCUT2D eigenvalue weighted by Crippen LogP contribution is -2.35. The van der Waals surface area contributed by atoms with Crippen LogP contribution in [0.4, 0.5) is 5.69 Å². The SMILES string of the molecule is Cc1ccc(C(=O)CCC(=O)CCC(=O)Nc2cccc(C(=O)N3CCCCC3)c2)s1. The van der Waals surface area contributed by atoms with Crippen molar-refractivity contribution in [2.45, 2.75) is 51.9 Å². The molecule has 1 N–H and O–H groups in total. The average Bonchev–Trinajstić information content (AvgIpc) is 3.22. The molecule has 2 heterocycles. The Labute approximate surface area is 186 Å². The maximum absolute atomic E-state index is 12.6. The Morgan fingerprint density at radius 3 is 2.39 bits per heavy atom. The van der Waals surface area contributed by atoms with Crippen LogP contribution in [0.3, 0.4) is 0 Å². The summed E-state index contributed by atoms with van der Waals surface area (Å²) in [5, 5.41) is 2.76. The molecule has 7 heteroatoms. The standard InChI is InChI=1S/C24H28N2O4S/c1-17-8-12-22(31-17)21(28)11-9-20(27)10-13-23(29)25-19-7-5-6-18(16-19)24(30)26-14-3-2-4-15-26/h5-8,12,16H,2-4,9-11,13-15H2,1H3,(H,25,29). The number of thiophene rings is 1. The molecular weight excluding hydrogens is 412 g/mol. The highest BCUT2D eigenvalue weighted by Gasteiger charge is 2.18. The van der Waals surface area contributed by atoms with E-state index in [9.17, 15) is 19.2 Å². The van der Waals surface area contributed by atoms with Gasteiger partial charge in [-0.1, -0.05) is 6.07 Å². The van der Waals surface area contributed by atoms with Gasteiger partial charge in [0.25, 0.3) is 5.91 Å². The van der Waals surface area contributed by atoms with E-state index in [1.807, 2.05) is 17.9 Å². The summed E-state index contributed by atoms with van der Waals surface area (Å²) < 4.78 is 0. The summed E-state index contributed by atoms with van der Waals surface area (Å²) in [5.41, 5.74) is 1.10. The van der Waals surface area contributed by atoms with Crippen LogP contribution in [0.15, 0.2) is 36.4 Å². The number of benzene rings is 1. The lowest BCUT2D eigenvalue weighted by molar-refractivity contribution is -0.122. The maximum Gasteiger partial charge on any atom is 0.253 e. The van der Waals surface area contributed by atoms with Crippen LogP contribution in [0, 0.1) is 6.92 Å². The predicted molar refractivity (Wildman–Crippen MR) is 122 cm³/mol. The van der Waals surface area contributed by atoms with Gasteiger partial charge in [0, 0.05) is 54.9 Å². The molecule has 1 fully saturated rings. The van der Waals surface area contributed by atoms with Gasteiger partial charge in [-0.15, -0.1) is 11.3 Å². The Bertz CT molecular complexity index is 960. The second kappa shape index (κ2) is 11.0. The number of nitrogens with zero attached hydrogens (tertiary/aromatic N) is 1. The number of rotatable bonds is 9. The summed E-state index contributed by atoms with van der Waals surface area (Å²) in [6.45, 7) is 3.47. The first-order chi connectivity index (χ1) is 14.9. The van der Waals surface area contributed by atoms with Crippen LogP contribution < -0.4 is 5.32 Å². The van der Waals surface area contributed by atoms with Crippen molar-refractivity contribution in [2.24, 2.45) is 0 Å². The Balaban J connectivity index is 1.43. The lowest BCUT2D eigenvalue weighted by atomic mass is 10.1. The van der Waals surface area contributed by atoms with Crippen LogP contribution in [0.2, 0.25) is 0 Å². The number of carbonyl (C=O) groups excluding carboxylic acids is 4. The van der Waals surface area contributed by atoms with Crippen LogP contribution in [-0.4, -0.2) is 41.4 Å². The van der Waals surface area contributed by atoms with E-state index < -0.39 is 0 Å². The number of anilines is 1. The molecule has 0 radical (unpaired) electrons. The maximum atomic E-state index is 12.6. The molecule has 1 aliphatic rings. The van der Waals surface area contributed by atoms with E-state index in [1.165, 1.54) is 11.3 Å². The zero-order valence-electron chi connectivity index (χ0n) is 17.8. The van der Waals surface area contributed by atoms with Gasteiger partial charge < -0.3 is 10.2 Å². The van der Waals surface area contributed by atoms with E-state index in [4.69, 9.17) is 0 Å². The second-order valence-corrected chi connectivity index (χ2v) is 9.14. The van der Waals surface area contributed by atoms with Crippen molar-refractivity contribution in [2.75, 3.05) is 18.4 Å². The number of Topliss-reactive ketones (excluding diaryl/α,β-unsaturated/α-hetero) is 2. The fraction of sp³-hybridized carbons (Fsp3) is 0.417. The number of hydrogen-bond acceptors (Lipinski definition) is 5. The number of carbonyl (C=O) groups is 4. The number of ketones is 2. The molecule has 0 aliphatic carbocycles. The van der Waals surface area contributed by atoms with Gasteiger partial charge in [-0.05, 0) is 56.5 Å². The molecule has 2 aromatic rings. The van der Waals surface area contributed by atoms with E-state index in [1.54, 1.807) is 30.3 Å². The van der Waals surface area contributed by atoms with E-state index in [2.05, 4.69) is 5.32 Å². The number of hydrogen-bond donors (Lipinski definition) is 1. The molecule has 1 aromatic carbocycles. The van der Waals surface area contributed by atoms with Crippen LogP contribution in [0.1, 0.15) is 69.9 Å². The molecule has 0 unspecified atom stereocenters. The fourth-order valence-electron chi connectivity index (χ4n) is 3.57. The van der Waals surface area contributed by atoms with Gasteiger partial charge in [0.2, 0.25) is 5.91 Å². The van der Waals surface area contributed by atoms with Crippen molar-refractivity contribution < 1.29 is 19.2 Å². The van der Waals surface area contributed by atoms with Crippen LogP contribution in [-0.2, 0) is 9.59 Å². The quantitative estimate of drug-likeness (QED) is 0.576.